The van der Waals surface area contributed by atoms with Crippen LogP contribution in [0.5, 0.6) is 0 Å². The second-order valence-electron chi connectivity index (χ2n) is 7.32. The number of anilines is 1. The van der Waals surface area contributed by atoms with Gasteiger partial charge >= 0.3 is 0 Å². The molecule has 2 N–H and O–H groups in total. The molecule has 0 saturated carbocycles. The average molecular weight is 407 g/mol. The Hall–Kier alpha value is -3.39. The summed E-state index contributed by atoms with van der Waals surface area (Å²) in [6.45, 7) is 1.69. The van der Waals surface area contributed by atoms with E-state index in [2.05, 4.69) is 25.5 Å². The molecule has 3 aromatic rings. The number of fused-ring (bicyclic) bond motifs is 1. The summed E-state index contributed by atoms with van der Waals surface area (Å²) >= 11 is 0. The number of halogens is 1. The van der Waals surface area contributed by atoms with Gasteiger partial charge in [-0.2, -0.15) is 0 Å². The van der Waals surface area contributed by atoms with Crippen molar-refractivity contribution in [2.24, 2.45) is 0 Å². The van der Waals surface area contributed by atoms with Gasteiger partial charge < -0.3 is 10.6 Å². The topological polar surface area (TPSA) is 87.2 Å². The first-order valence-electron chi connectivity index (χ1n) is 9.87. The molecule has 0 radical (unpaired) electrons. The maximum atomic E-state index is 13.9. The van der Waals surface area contributed by atoms with Crippen LogP contribution in [-0.2, 0) is 4.79 Å². The molecule has 0 aliphatic carbocycles. The molecule has 30 heavy (non-hydrogen) atoms. The van der Waals surface area contributed by atoms with Gasteiger partial charge in [0.2, 0.25) is 5.91 Å². The van der Waals surface area contributed by atoms with E-state index < -0.39 is 5.82 Å². The van der Waals surface area contributed by atoms with Crippen LogP contribution in [0.4, 0.5) is 10.1 Å². The van der Waals surface area contributed by atoms with Crippen molar-refractivity contribution < 1.29 is 14.0 Å². The smallest absolute Gasteiger partial charge is 0.253 e. The van der Waals surface area contributed by atoms with Crippen molar-refractivity contribution in [3.63, 3.8) is 0 Å². The zero-order chi connectivity index (χ0) is 20.9. The van der Waals surface area contributed by atoms with Crippen molar-refractivity contribution >= 4 is 28.5 Å². The van der Waals surface area contributed by atoms with Crippen LogP contribution in [-0.4, -0.2) is 52.4 Å². The first-order valence-corrected chi connectivity index (χ1v) is 9.87. The molecule has 154 valence electrons. The van der Waals surface area contributed by atoms with Crippen molar-refractivity contribution in [1.29, 1.82) is 0 Å². The molecule has 1 saturated heterocycles. The summed E-state index contributed by atoms with van der Waals surface area (Å²) in [7, 11) is 0. The summed E-state index contributed by atoms with van der Waals surface area (Å²) in [6.07, 6.45) is 4.37. The number of benzene rings is 2. The van der Waals surface area contributed by atoms with Gasteiger partial charge in [-0.3, -0.25) is 24.5 Å². The lowest BCUT2D eigenvalue weighted by molar-refractivity contribution is -0.117. The normalized spacial score (nSPS) is 15.1. The van der Waals surface area contributed by atoms with Gasteiger partial charge in [0.1, 0.15) is 11.3 Å². The Morgan fingerprint density at radius 3 is 2.57 bits per heavy atom. The van der Waals surface area contributed by atoms with E-state index in [0.29, 0.717) is 43.5 Å². The van der Waals surface area contributed by atoms with Crippen molar-refractivity contribution in [3.8, 4) is 0 Å². The minimum Gasteiger partial charge on any atom is -0.349 e. The third kappa shape index (κ3) is 4.77. The zero-order valence-electron chi connectivity index (χ0n) is 16.3. The first kappa shape index (κ1) is 19.9. The Morgan fingerprint density at radius 1 is 1.07 bits per heavy atom. The van der Waals surface area contributed by atoms with Crippen molar-refractivity contribution in [2.75, 3.05) is 25.0 Å². The lowest BCUT2D eigenvalue weighted by Crippen LogP contribution is -2.46. The van der Waals surface area contributed by atoms with Gasteiger partial charge in [-0.05, 0) is 31.0 Å². The molecule has 2 amide bonds. The fourth-order valence-electron chi connectivity index (χ4n) is 3.64. The molecule has 0 atom stereocenters. The number of hydrogen-bond acceptors (Lipinski definition) is 5. The van der Waals surface area contributed by atoms with Crippen LogP contribution in [0.2, 0.25) is 0 Å². The lowest BCUT2D eigenvalue weighted by Gasteiger charge is -2.31. The van der Waals surface area contributed by atoms with Gasteiger partial charge in [-0.25, -0.2) is 4.39 Å². The van der Waals surface area contributed by atoms with Crippen molar-refractivity contribution in [2.45, 2.75) is 18.9 Å². The molecule has 0 spiro atoms. The molecule has 2 aromatic carbocycles. The van der Waals surface area contributed by atoms with E-state index in [1.165, 1.54) is 24.5 Å². The number of piperidine rings is 1. The summed E-state index contributed by atoms with van der Waals surface area (Å²) < 4.78 is 13.9. The second-order valence-corrected chi connectivity index (χ2v) is 7.32. The third-order valence-electron chi connectivity index (χ3n) is 5.13. The van der Waals surface area contributed by atoms with Gasteiger partial charge in [0.05, 0.1) is 17.6 Å². The second kappa shape index (κ2) is 8.96. The number of rotatable bonds is 5. The molecule has 8 heteroatoms. The number of amides is 2. The fraction of sp³-hybridized carbons (Fsp3) is 0.273. The van der Waals surface area contributed by atoms with Crippen molar-refractivity contribution in [3.05, 3.63) is 66.2 Å². The standard InChI is InChI=1S/C22H22FN5O2/c23-15-12-18(21-19(13-15)24-8-9-25-21)22(30)27-17-6-10-28(11-7-17)14-20(29)26-16-4-2-1-3-5-16/h1-5,8-9,12-13,17H,6-7,10-11,14H2,(H,26,29)(H,27,30). The number of nitrogens with zero attached hydrogens (tertiary/aromatic N) is 3. The Morgan fingerprint density at radius 2 is 1.80 bits per heavy atom. The van der Waals surface area contributed by atoms with Crippen LogP contribution in [0.3, 0.4) is 0 Å². The monoisotopic (exact) mass is 407 g/mol. The highest BCUT2D eigenvalue weighted by Crippen LogP contribution is 2.18. The fourth-order valence-corrected chi connectivity index (χ4v) is 3.64. The highest BCUT2D eigenvalue weighted by Gasteiger charge is 2.23. The van der Waals surface area contributed by atoms with E-state index in [1.54, 1.807) is 0 Å². The largest absolute Gasteiger partial charge is 0.349 e. The van der Waals surface area contributed by atoms with Gasteiger partial charge in [0.25, 0.3) is 5.91 Å². The summed E-state index contributed by atoms with van der Waals surface area (Å²) in [5, 5.41) is 5.85. The highest BCUT2D eigenvalue weighted by molar-refractivity contribution is 6.04. The van der Waals surface area contributed by atoms with Gasteiger partial charge in [-0.15, -0.1) is 0 Å². The Kier molecular flexibility index (Phi) is 5.94. The summed E-state index contributed by atoms with van der Waals surface area (Å²) in [5.74, 6) is -0.943. The molecular formula is C22H22FN5O2. The Bertz CT molecular complexity index is 1050. The molecular weight excluding hydrogens is 385 g/mol. The Balaban J connectivity index is 1.31. The summed E-state index contributed by atoms with van der Waals surface area (Å²) in [4.78, 5) is 35.2. The quantitative estimate of drug-likeness (QED) is 0.679. The number of aromatic nitrogens is 2. The van der Waals surface area contributed by atoms with E-state index in [4.69, 9.17) is 0 Å². The number of hydrogen-bond donors (Lipinski definition) is 2. The molecule has 1 aliphatic heterocycles. The molecule has 2 heterocycles. The Labute approximate surface area is 173 Å². The summed E-state index contributed by atoms with van der Waals surface area (Å²) in [5.41, 5.74) is 1.69. The minimum absolute atomic E-state index is 0.0408. The highest BCUT2D eigenvalue weighted by atomic mass is 19.1. The van der Waals surface area contributed by atoms with Crippen LogP contribution in [0.1, 0.15) is 23.2 Å². The zero-order valence-corrected chi connectivity index (χ0v) is 16.3. The minimum atomic E-state index is -0.521. The van der Waals surface area contributed by atoms with Crippen molar-refractivity contribution in [1.82, 2.24) is 20.2 Å². The molecule has 4 rings (SSSR count). The molecule has 1 aliphatic rings. The predicted molar refractivity (Wildman–Crippen MR) is 111 cm³/mol. The van der Waals surface area contributed by atoms with Crippen LogP contribution in [0.25, 0.3) is 11.0 Å². The number of carbonyl (C=O) groups excluding carboxylic acids is 2. The predicted octanol–water partition coefficient (Wildman–Crippen LogP) is 2.60. The first-order chi connectivity index (χ1) is 14.6. The molecule has 0 bridgehead atoms. The van der Waals surface area contributed by atoms with Crippen LogP contribution in [0.15, 0.2) is 54.9 Å². The van der Waals surface area contributed by atoms with Gasteiger partial charge in [0, 0.05) is 43.3 Å². The van der Waals surface area contributed by atoms with Gasteiger partial charge in [0.15, 0.2) is 0 Å². The maximum Gasteiger partial charge on any atom is 0.253 e. The molecule has 7 nitrogen and oxygen atoms in total. The maximum absolute atomic E-state index is 13.9. The van der Waals surface area contributed by atoms with Crippen LogP contribution >= 0.6 is 0 Å². The molecule has 1 fully saturated rings. The SMILES string of the molecule is O=C(CN1CCC(NC(=O)c2cc(F)cc3nccnc23)CC1)Nc1ccccc1. The van der Waals surface area contributed by atoms with E-state index in [0.717, 1.165) is 5.69 Å². The van der Waals surface area contributed by atoms with Crippen LogP contribution in [0, 0.1) is 5.82 Å². The van der Waals surface area contributed by atoms with E-state index >= 15 is 0 Å². The average Bonchev–Trinajstić information content (AvgIpc) is 2.75. The third-order valence-corrected chi connectivity index (χ3v) is 5.13. The summed E-state index contributed by atoms with van der Waals surface area (Å²) in [6, 6.07) is 11.7. The number of para-hydroxylation sites is 1. The molecule has 1 aromatic heterocycles. The number of likely N-dealkylation sites (tertiary alicyclic amines) is 1. The number of nitrogens with one attached hydrogen (secondary N) is 2. The van der Waals surface area contributed by atoms with Gasteiger partial charge in [-0.1, -0.05) is 18.2 Å². The van der Waals surface area contributed by atoms with E-state index in [-0.39, 0.29) is 23.4 Å². The van der Waals surface area contributed by atoms with E-state index in [1.807, 2.05) is 30.3 Å². The lowest BCUT2D eigenvalue weighted by atomic mass is 10.0. The van der Waals surface area contributed by atoms with Crippen LogP contribution < -0.4 is 10.6 Å². The van der Waals surface area contributed by atoms with E-state index in [9.17, 15) is 14.0 Å². The molecule has 0 unspecified atom stereocenters. The number of carbonyl (C=O) groups is 2.